The molecule has 1 aliphatic rings. The SMILES string of the molecule is Cc1c(C(=O)NCCCS(=O)(=O)N2CCN(c3ccc(F)cc3)CC2)cccc1[N+](=O)[O-]. The Kier molecular flexibility index (Phi) is 7.41. The number of amides is 1. The number of hydrogen-bond donors (Lipinski definition) is 1. The van der Waals surface area contributed by atoms with Crippen LogP contribution in [0.5, 0.6) is 0 Å². The van der Waals surface area contributed by atoms with Crippen molar-refractivity contribution in [1.29, 1.82) is 0 Å². The van der Waals surface area contributed by atoms with Gasteiger partial charge in [0.25, 0.3) is 11.6 Å². The normalized spacial score (nSPS) is 14.9. The number of piperazine rings is 1. The van der Waals surface area contributed by atoms with Gasteiger partial charge < -0.3 is 10.2 Å². The summed E-state index contributed by atoms with van der Waals surface area (Å²) in [5, 5.41) is 13.6. The molecule has 1 heterocycles. The average molecular weight is 465 g/mol. The number of nitrogens with zero attached hydrogens (tertiary/aromatic N) is 3. The Morgan fingerprint density at radius 1 is 1.12 bits per heavy atom. The van der Waals surface area contributed by atoms with Crippen molar-refractivity contribution < 1.29 is 22.5 Å². The average Bonchev–Trinajstić information content (AvgIpc) is 2.77. The molecule has 11 heteroatoms. The molecule has 1 fully saturated rings. The molecule has 0 radical (unpaired) electrons. The molecule has 9 nitrogen and oxygen atoms in total. The van der Waals surface area contributed by atoms with Gasteiger partial charge in [-0.25, -0.2) is 12.8 Å². The van der Waals surface area contributed by atoms with Crippen LogP contribution >= 0.6 is 0 Å². The molecule has 0 aromatic heterocycles. The lowest BCUT2D eigenvalue weighted by molar-refractivity contribution is -0.385. The first-order valence-electron chi connectivity index (χ1n) is 10.2. The summed E-state index contributed by atoms with van der Waals surface area (Å²) in [6.07, 6.45) is 0.222. The predicted octanol–water partition coefficient (Wildman–Crippen LogP) is 2.31. The minimum absolute atomic E-state index is 0.113. The predicted molar refractivity (Wildman–Crippen MR) is 119 cm³/mol. The molecule has 0 aliphatic carbocycles. The number of nitro benzene ring substituents is 1. The van der Waals surface area contributed by atoms with Gasteiger partial charge in [-0.2, -0.15) is 4.31 Å². The number of nitrogens with one attached hydrogen (secondary N) is 1. The fourth-order valence-corrected chi connectivity index (χ4v) is 5.11. The molecule has 0 atom stereocenters. The summed E-state index contributed by atoms with van der Waals surface area (Å²) in [5.74, 6) is -0.906. The second kappa shape index (κ2) is 10.0. The van der Waals surface area contributed by atoms with Crippen LogP contribution < -0.4 is 10.2 Å². The molecule has 0 spiro atoms. The van der Waals surface area contributed by atoms with Gasteiger partial charge in [-0.05, 0) is 43.7 Å². The van der Waals surface area contributed by atoms with Gasteiger partial charge in [-0.3, -0.25) is 14.9 Å². The third kappa shape index (κ3) is 5.60. The van der Waals surface area contributed by atoms with E-state index in [0.717, 1.165) is 5.69 Å². The zero-order chi connectivity index (χ0) is 23.3. The van der Waals surface area contributed by atoms with E-state index >= 15 is 0 Å². The number of rotatable bonds is 8. The Morgan fingerprint density at radius 3 is 2.41 bits per heavy atom. The molecular formula is C21H25FN4O5S. The Hall–Kier alpha value is -3.05. The number of carbonyl (C=O) groups is 1. The number of sulfonamides is 1. The summed E-state index contributed by atoms with van der Waals surface area (Å²) in [7, 11) is -3.48. The lowest BCUT2D eigenvalue weighted by Gasteiger charge is -2.35. The maximum absolute atomic E-state index is 13.1. The molecule has 0 saturated carbocycles. The summed E-state index contributed by atoms with van der Waals surface area (Å²) < 4.78 is 39.8. The van der Waals surface area contributed by atoms with Crippen LogP contribution in [0, 0.1) is 22.9 Å². The highest BCUT2D eigenvalue weighted by atomic mass is 32.2. The van der Waals surface area contributed by atoms with Crippen LogP contribution in [0.25, 0.3) is 0 Å². The first kappa shape index (κ1) is 23.6. The van der Waals surface area contributed by atoms with Crippen molar-refractivity contribution in [1.82, 2.24) is 9.62 Å². The highest BCUT2D eigenvalue weighted by Crippen LogP contribution is 2.21. The maximum atomic E-state index is 13.1. The van der Waals surface area contributed by atoms with Crippen LogP contribution in [0.3, 0.4) is 0 Å². The zero-order valence-corrected chi connectivity index (χ0v) is 18.5. The van der Waals surface area contributed by atoms with E-state index in [4.69, 9.17) is 0 Å². The first-order chi connectivity index (χ1) is 15.2. The summed E-state index contributed by atoms with van der Waals surface area (Å²) in [6, 6.07) is 10.4. The number of halogens is 1. The Balaban J connectivity index is 1.47. The van der Waals surface area contributed by atoms with E-state index < -0.39 is 20.9 Å². The summed E-state index contributed by atoms with van der Waals surface area (Å²) in [6.45, 7) is 3.32. The Morgan fingerprint density at radius 2 is 1.78 bits per heavy atom. The highest BCUT2D eigenvalue weighted by molar-refractivity contribution is 7.89. The van der Waals surface area contributed by atoms with Gasteiger partial charge in [0.2, 0.25) is 10.0 Å². The molecule has 1 amide bonds. The highest BCUT2D eigenvalue weighted by Gasteiger charge is 2.27. The Labute approximate surface area is 186 Å². The number of nitro groups is 1. The van der Waals surface area contributed by atoms with Gasteiger partial charge in [-0.1, -0.05) is 6.07 Å². The number of anilines is 1. The van der Waals surface area contributed by atoms with Crippen molar-refractivity contribution in [2.45, 2.75) is 13.3 Å². The third-order valence-electron chi connectivity index (χ3n) is 5.43. The molecule has 1 aliphatic heterocycles. The fourth-order valence-electron chi connectivity index (χ4n) is 3.62. The van der Waals surface area contributed by atoms with Crippen molar-refractivity contribution in [3.8, 4) is 0 Å². The minimum atomic E-state index is -3.48. The molecule has 3 rings (SSSR count). The topological polar surface area (TPSA) is 113 Å². The van der Waals surface area contributed by atoms with E-state index in [-0.39, 0.29) is 41.3 Å². The summed E-state index contributed by atoms with van der Waals surface area (Å²) >= 11 is 0. The van der Waals surface area contributed by atoms with Gasteiger partial charge in [0, 0.05) is 55.6 Å². The first-order valence-corrected chi connectivity index (χ1v) is 11.8. The number of carbonyl (C=O) groups excluding carboxylic acids is 1. The standard InChI is InChI=1S/C21H25FN4O5S/c1-16-19(4-2-5-20(16)26(28)29)21(27)23-10-3-15-32(30,31)25-13-11-24(12-14-25)18-8-6-17(22)7-9-18/h2,4-9H,3,10-15H2,1H3,(H,23,27). The van der Waals surface area contributed by atoms with Crippen LogP contribution in [0.4, 0.5) is 15.8 Å². The summed E-state index contributed by atoms with van der Waals surface area (Å²) in [4.78, 5) is 24.8. The van der Waals surface area contributed by atoms with E-state index in [9.17, 15) is 27.7 Å². The molecule has 2 aromatic rings. The van der Waals surface area contributed by atoms with Crippen LogP contribution in [0.2, 0.25) is 0 Å². The van der Waals surface area contributed by atoms with Crippen molar-refractivity contribution in [2.24, 2.45) is 0 Å². The molecule has 0 bridgehead atoms. The molecule has 172 valence electrons. The number of hydrogen-bond acceptors (Lipinski definition) is 6. The van der Waals surface area contributed by atoms with Crippen LogP contribution in [-0.2, 0) is 10.0 Å². The van der Waals surface area contributed by atoms with Crippen LogP contribution in [0.1, 0.15) is 22.3 Å². The molecular weight excluding hydrogens is 439 g/mol. The monoisotopic (exact) mass is 464 g/mol. The Bertz CT molecular complexity index is 1080. The lowest BCUT2D eigenvalue weighted by Crippen LogP contribution is -2.49. The van der Waals surface area contributed by atoms with Gasteiger partial charge in [0.15, 0.2) is 0 Å². The molecule has 1 saturated heterocycles. The van der Waals surface area contributed by atoms with Crippen molar-refractivity contribution in [3.63, 3.8) is 0 Å². The lowest BCUT2D eigenvalue weighted by atomic mass is 10.1. The smallest absolute Gasteiger partial charge is 0.273 e. The van der Waals surface area contributed by atoms with E-state index in [1.54, 1.807) is 12.1 Å². The zero-order valence-electron chi connectivity index (χ0n) is 17.7. The second-order valence-corrected chi connectivity index (χ2v) is 9.58. The summed E-state index contributed by atoms with van der Waals surface area (Å²) in [5.41, 5.74) is 1.17. The second-order valence-electron chi connectivity index (χ2n) is 7.49. The van der Waals surface area contributed by atoms with Gasteiger partial charge >= 0.3 is 0 Å². The van der Waals surface area contributed by atoms with Crippen molar-refractivity contribution in [2.75, 3.05) is 43.4 Å². The van der Waals surface area contributed by atoms with E-state index in [2.05, 4.69) is 5.32 Å². The van der Waals surface area contributed by atoms with E-state index in [0.29, 0.717) is 26.2 Å². The quantitative estimate of drug-likeness (QED) is 0.364. The molecule has 2 aromatic carbocycles. The molecule has 1 N–H and O–H groups in total. The van der Waals surface area contributed by atoms with E-state index in [1.165, 1.54) is 41.6 Å². The largest absolute Gasteiger partial charge is 0.369 e. The van der Waals surface area contributed by atoms with Crippen LogP contribution in [0.15, 0.2) is 42.5 Å². The van der Waals surface area contributed by atoms with Crippen molar-refractivity contribution >= 4 is 27.3 Å². The maximum Gasteiger partial charge on any atom is 0.273 e. The van der Waals surface area contributed by atoms with Gasteiger partial charge in [0.1, 0.15) is 5.82 Å². The van der Waals surface area contributed by atoms with E-state index in [1.807, 2.05) is 4.90 Å². The number of benzene rings is 2. The molecule has 32 heavy (non-hydrogen) atoms. The molecule has 0 unspecified atom stereocenters. The van der Waals surface area contributed by atoms with Gasteiger partial charge in [0.05, 0.1) is 10.7 Å². The minimum Gasteiger partial charge on any atom is -0.369 e. The fraction of sp³-hybridized carbons (Fsp3) is 0.381. The van der Waals surface area contributed by atoms with Crippen LogP contribution in [-0.4, -0.2) is 62.0 Å². The third-order valence-corrected chi connectivity index (χ3v) is 7.39. The van der Waals surface area contributed by atoms with Gasteiger partial charge in [-0.15, -0.1) is 0 Å². The van der Waals surface area contributed by atoms with Crippen molar-refractivity contribution in [3.05, 3.63) is 69.5 Å².